The van der Waals surface area contributed by atoms with Crippen LogP contribution in [-0.4, -0.2) is 14.4 Å². The van der Waals surface area contributed by atoms with Gasteiger partial charge in [0.25, 0.3) is 0 Å². The SMILES string of the molecule is Clc1cc(NCc2cn3cc(Br)ccc3n2)ccn1. The van der Waals surface area contributed by atoms with E-state index in [9.17, 15) is 0 Å². The minimum absolute atomic E-state index is 0.476. The molecule has 0 unspecified atom stereocenters. The lowest BCUT2D eigenvalue weighted by molar-refractivity contribution is 1.08. The molecule has 0 spiro atoms. The average molecular weight is 338 g/mol. The highest BCUT2D eigenvalue weighted by atomic mass is 79.9. The van der Waals surface area contributed by atoms with Gasteiger partial charge in [0.1, 0.15) is 10.8 Å². The molecule has 0 saturated carbocycles. The first-order valence-electron chi connectivity index (χ1n) is 5.69. The zero-order valence-electron chi connectivity index (χ0n) is 9.85. The number of nitrogens with one attached hydrogen (secondary N) is 1. The summed E-state index contributed by atoms with van der Waals surface area (Å²) in [6.07, 6.45) is 5.65. The summed E-state index contributed by atoms with van der Waals surface area (Å²) in [6, 6.07) is 7.60. The number of aromatic nitrogens is 3. The number of fused-ring (bicyclic) bond motifs is 1. The Bertz CT molecular complexity index is 725. The van der Waals surface area contributed by atoms with E-state index >= 15 is 0 Å². The Kier molecular flexibility index (Phi) is 3.40. The maximum Gasteiger partial charge on any atom is 0.137 e. The molecule has 0 aliphatic heterocycles. The third-order valence-electron chi connectivity index (χ3n) is 2.67. The summed E-state index contributed by atoms with van der Waals surface area (Å²) >= 11 is 9.27. The molecule has 0 aliphatic rings. The van der Waals surface area contributed by atoms with Crippen molar-refractivity contribution in [3.8, 4) is 0 Å². The number of halogens is 2. The highest BCUT2D eigenvalue weighted by Gasteiger charge is 2.02. The third kappa shape index (κ3) is 2.88. The molecule has 96 valence electrons. The maximum atomic E-state index is 5.83. The first-order valence-corrected chi connectivity index (χ1v) is 6.86. The van der Waals surface area contributed by atoms with E-state index in [-0.39, 0.29) is 0 Å². The minimum atomic E-state index is 0.476. The highest BCUT2D eigenvalue weighted by Crippen LogP contribution is 2.15. The summed E-state index contributed by atoms with van der Waals surface area (Å²) in [5.41, 5.74) is 2.82. The second-order valence-corrected chi connectivity index (χ2v) is 5.37. The molecule has 0 saturated heterocycles. The number of rotatable bonds is 3. The molecule has 3 aromatic heterocycles. The van der Waals surface area contributed by atoms with E-state index in [1.807, 2.05) is 35.0 Å². The van der Waals surface area contributed by atoms with Gasteiger partial charge in [-0.15, -0.1) is 0 Å². The summed E-state index contributed by atoms with van der Waals surface area (Å²) < 4.78 is 3.01. The van der Waals surface area contributed by atoms with Crippen LogP contribution >= 0.6 is 27.5 Å². The van der Waals surface area contributed by atoms with Gasteiger partial charge in [0, 0.05) is 28.8 Å². The van der Waals surface area contributed by atoms with Gasteiger partial charge in [-0.3, -0.25) is 0 Å². The zero-order valence-corrected chi connectivity index (χ0v) is 12.2. The molecule has 0 amide bonds. The van der Waals surface area contributed by atoms with Gasteiger partial charge in [-0.25, -0.2) is 9.97 Å². The van der Waals surface area contributed by atoms with E-state index < -0.39 is 0 Å². The predicted octanol–water partition coefficient (Wildman–Crippen LogP) is 3.76. The van der Waals surface area contributed by atoms with Gasteiger partial charge in [0.2, 0.25) is 0 Å². The molecule has 0 radical (unpaired) electrons. The van der Waals surface area contributed by atoms with E-state index in [0.717, 1.165) is 21.5 Å². The maximum absolute atomic E-state index is 5.83. The number of pyridine rings is 2. The third-order valence-corrected chi connectivity index (χ3v) is 3.34. The number of nitrogens with zero attached hydrogens (tertiary/aromatic N) is 3. The van der Waals surface area contributed by atoms with Gasteiger partial charge >= 0.3 is 0 Å². The van der Waals surface area contributed by atoms with Crippen LogP contribution in [-0.2, 0) is 6.54 Å². The molecule has 3 heterocycles. The lowest BCUT2D eigenvalue weighted by Gasteiger charge is -2.03. The summed E-state index contributed by atoms with van der Waals surface area (Å²) in [6.45, 7) is 0.639. The predicted molar refractivity (Wildman–Crippen MR) is 79.5 cm³/mol. The van der Waals surface area contributed by atoms with Crippen molar-refractivity contribution in [2.45, 2.75) is 6.54 Å². The van der Waals surface area contributed by atoms with Crippen molar-refractivity contribution < 1.29 is 0 Å². The summed E-state index contributed by atoms with van der Waals surface area (Å²) in [5, 5.41) is 3.74. The van der Waals surface area contributed by atoms with Crippen LogP contribution in [0.2, 0.25) is 5.15 Å². The number of anilines is 1. The summed E-state index contributed by atoms with van der Waals surface area (Å²) in [4.78, 5) is 8.46. The lowest BCUT2D eigenvalue weighted by Crippen LogP contribution is -1.99. The minimum Gasteiger partial charge on any atom is -0.379 e. The van der Waals surface area contributed by atoms with Crippen LogP contribution in [0.15, 0.2) is 47.3 Å². The van der Waals surface area contributed by atoms with Crippen LogP contribution in [0.25, 0.3) is 5.65 Å². The molecule has 4 nitrogen and oxygen atoms in total. The van der Waals surface area contributed by atoms with E-state index in [4.69, 9.17) is 11.6 Å². The molecule has 19 heavy (non-hydrogen) atoms. The standard InChI is InChI=1S/C13H10BrClN4/c14-9-1-2-13-18-11(8-19(13)7-9)6-17-10-3-4-16-12(15)5-10/h1-5,7-8H,6H2,(H,16,17). The Labute approximate surface area is 123 Å². The Morgan fingerprint density at radius 1 is 1.26 bits per heavy atom. The molecule has 3 rings (SSSR count). The van der Waals surface area contributed by atoms with Gasteiger partial charge in [-0.2, -0.15) is 0 Å². The molecular weight excluding hydrogens is 328 g/mol. The van der Waals surface area contributed by atoms with Gasteiger partial charge in [0.05, 0.1) is 12.2 Å². The first-order chi connectivity index (χ1) is 9.20. The lowest BCUT2D eigenvalue weighted by atomic mass is 10.4. The van der Waals surface area contributed by atoms with Crippen molar-refractivity contribution in [3.63, 3.8) is 0 Å². The van der Waals surface area contributed by atoms with Crippen LogP contribution in [0.1, 0.15) is 5.69 Å². The summed E-state index contributed by atoms with van der Waals surface area (Å²) in [7, 11) is 0. The fourth-order valence-electron chi connectivity index (χ4n) is 1.81. The Balaban J connectivity index is 1.78. The van der Waals surface area contributed by atoms with Crippen molar-refractivity contribution in [2.24, 2.45) is 0 Å². The first kappa shape index (κ1) is 12.4. The molecule has 0 aromatic carbocycles. The van der Waals surface area contributed by atoms with Crippen molar-refractivity contribution in [1.29, 1.82) is 0 Å². The quantitative estimate of drug-likeness (QED) is 0.740. The summed E-state index contributed by atoms with van der Waals surface area (Å²) in [5.74, 6) is 0. The van der Waals surface area contributed by atoms with Gasteiger partial charge in [-0.1, -0.05) is 11.6 Å². The molecule has 3 aromatic rings. The fraction of sp³-hybridized carbons (Fsp3) is 0.0769. The van der Waals surface area contributed by atoms with Gasteiger partial charge in [-0.05, 0) is 40.2 Å². The van der Waals surface area contributed by atoms with E-state index in [1.54, 1.807) is 12.3 Å². The molecular formula is C13H10BrClN4. The number of hydrogen-bond acceptors (Lipinski definition) is 3. The van der Waals surface area contributed by atoms with E-state index in [0.29, 0.717) is 11.7 Å². The molecule has 0 atom stereocenters. The molecule has 1 N–H and O–H groups in total. The molecule has 0 aliphatic carbocycles. The molecule has 6 heteroatoms. The van der Waals surface area contributed by atoms with E-state index in [2.05, 4.69) is 31.2 Å². The number of hydrogen-bond donors (Lipinski definition) is 1. The Morgan fingerprint density at radius 3 is 3.00 bits per heavy atom. The second kappa shape index (κ2) is 5.19. The van der Waals surface area contributed by atoms with Crippen molar-refractivity contribution in [1.82, 2.24) is 14.4 Å². The second-order valence-electron chi connectivity index (χ2n) is 4.07. The van der Waals surface area contributed by atoms with Crippen LogP contribution in [0, 0.1) is 0 Å². The zero-order chi connectivity index (χ0) is 13.2. The van der Waals surface area contributed by atoms with Crippen LogP contribution in [0.3, 0.4) is 0 Å². The largest absolute Gasteiger partial charge is 0.379 e. The van der Waals surface area contributed by atoms with E-state index in [1.165, 1.54) is 0 Å². The van der Waals surface area contributed by atoms with Crippen molar-refractivity contribution in [3.05, 3.63) is 58.2 Å². The van der Waals surface area contributed by atoms with Crippen LogP contribution in [0.5, 0.6) is 0 Å². The monoisotopic (exact) mass is 336 g/mol. The molecule has 0 bridgehead atoms. The molecule has 0 fully saturated rings. The van der Waals surface area contributed by atoms with Crippen molar-refractivity contribution >= 4 is 38.9 Å². The van der Waals surface area contributed by atoms with Gasteiger partial charge < -0.3 is 9.72 Å². The smallest absolute Gasteiger partial charge is 0.137 e. The Hall–Kier alpha value is -1.59. The number of imidazole rings is 1. The topological polar surface area (TPSA) is 42.2 Å². The van der Waals surface area contributed by atoms with Crippen LogP contribution < -0.4 is 5.32 Å². The Morgan fingerprint density at radius 2 is 2.16 bits per heavy atom. The fourth-order valence-corrected chi connectivity index (χ4v) is 2.33. The average Bonchev–Trinajstić information content (AvgIpc) is 2.78. The van der Waals surface area contributed by atoms with Gasteiger partial charge in [0.15, 0.2) is 0 Å². The van der Waals surface area contributed by atoms with Crippen LogP contribution in [0.4, 0.5) is 5.69 Å². The van der Waals surface area contributed by atoms with Crippen molar-refractivity contribution in [2.75, 3.05) is 5.32 Å². The highest BCUT2D eigenvalue weighted by molar-refractivity contribution is 9.10. The normalized spacial score (nSPS) is 10.8.